The highest BCUT2D eigenvalue weighted by Gasteiger charge is 2.28. The van der Waals surface area contributed by atoms with Crippen LogP contribution in [-0.2, 0) is 4.74 Å². The molecule has 3 nitrogen and oxygen atoms in total. The summed E-state index contributed by atoms with van der Waals surface area (Å²) >= 11 is 0. The number of methoxy groups -OCH3 is 1. The fourth-order valence-corrected chi connectivity index (χ4v) is 1.44. The Kier molecular flexibility index (Phi) is 3.98. The normalized spacial score (nSPS) is 20.0. The first-order valence-corrected chi connectivity index (χ1v) is 4.72. The van der Waals surface area contributed by atoms with Gasteiger partial charge in [-0.3, -0.25) is 4.90 Å². The third kappa shape index (κ3) is 3.52. The summed E-state index contributed by atoms with van der Waals surface area (Å²) in [4.78, 5) is 2.44. The minimum atomic E-state index is 0.280. The van der Waals surface area contributed by atoms with Gasteiger partial charge in [0.05, 0.1) is 6.61 Å². The van der Waals surface area contributed by atoms with E-state index in [1.54, 1.807) is 7.11 Å². The van der Waals surface area contributed by atoms with Gasteiger partial charge in [0.15, 0.2) is 0 Å². The van der Waals surface area contributed by atoms with E-state index in [2.05, 4.69) is 11.8 Å². The van der Waals surface area contributed by atoms with Gasteiger partial charge in [0.1, 0.15) is 0 Å². The molecule has 1 unspecified atom stereocenters. The van der Waals surface area contributed by atoms with Gasteiger partial charge in [0.2, 0.25) is 0 Å². The molecule has 1 atom stereocenters. The van der Waals surface area contributed by atoms with Gasteiger partial charge >= 0.3 is 0 Å². The number of nitrogens with two attached hydrogens (primary N) is 1. The lowest BCUT2D eigenvalue weighted by Crippen LogP contribution is -2.38. The van der Waals surface area contributed by atoms with Gasteiger partial charge in [-0.05, 0) is 19.8 Å². The fraction of sp³-hybridized carbons (Fsp3) is 1.00. The van der Waals surface area contributed by atoms with Gasteiger partial charge in [-0.15, -0.1) is 0 Å². The first-order valence-electron chi connectivity index (χ1n) is 4.72. The van der Waals surface area contributed by atoms with E-state index in [1.807, 2.05) is 0 Å². The molecule has 72 valence electrons. The van der Waals surface area contributed by atoms with E-state index in [0.717, 1.165) is 25.7 Å². The van der Waals surface area contributed by atoms with Crippen LogP contribution in [-0.4, -0.2) is 43.8 Å². The zero-order valence-corrected chi connectivity index (χ0v) is 8.12. The second-order valence-electron chi connectivity index (χ2n) is 3.70. The van der Waals surface area contributed by atoms with E-state index in [1.165, 1.54) is 12.8 Å². The highest BCUT2D eigenvalue weighted by Crippen LogP contribution is 2.26. The Bertz CT molecular complexity index is 124. The molecule has 0 spiro atoms. The maximum Gasteiger partial charge on any atom is 0.0589 e. The Balaban J connectivity index is 2.18. The molecule has 2 N–H and O–H groups in total. The number of ether oxygens (including phenoxy) is 1. The monoisotopic (exact) mass is 172 g/mol. The van der Waals surface area contributed by atoms with Crippen LogP contribution in [0.15, 0.2) is 0 Å². The minimum Gasteiger partial charge on any atom is -0.383 e. The Hall–Kier alpha value is -0.120. The fourth-order valence-electron chi connectivity index (χ4n) is 1.44. The molecule has 0 aliphatic heterocycles. The third-order valence-corrected chi connectivity index (χ3v) is 2.17. The van der Waals surface area contributed by atoms with Crippen molar-refractivity contribution in [3.8, 4) is 0 Å². The molecule has 0 aromatic heterocycles. The van der Waals surface area contributed by atoms with Crippen molar-refractivity contribution in [3.63, 3.8) is 0 Å². The molecule has 12 heavy (non-hydrogen) atoms. The maximum atomic E-state index is 5.75. The largest absolute Gasteiger partial charge is 0.383 e. The minimum absolute atomic E-state index is 0.280. The standard InChI is InChI=1S/C9H20N2O/c1-8(10)7-11(5-6-12-2)9-3-4-9/h8-9H,3-7,10H2,1-2H3. The van der Waals surface area contributed by atoms with E-state index in [0.29, 0.717) is 0 Å². The van der Waals surface area contributed by atoms with E-state index >= 15 is 0 Å². The lowest BCUT2D eigenvalue weighted by atomic mass is 10.3. The molecule has 0 heterocycles. The van der Waals surface area contributed by atoms with Crippen molar-refractivity contribution in [1.29, 1.82) is 0 Å². The first-order chi connectivity index (χ1) is 5.74. The molecule has 0 radical (unpaired) electrons. The number of hydrogen-bond donors (Lipinski definition) is 1. The molecule has 1 aliphatic carbocycles. The first kappa shape index (κ1) is 9.96. The molecule has 1 fully saturated rings. The summed E-state index contributed by atoms with van der Waals surface area (Å²) in [6, 6.07) is 1.08. The summed E-state index contributed by atoms with van der Waals surface area (Å²) in [6.45, 7) is 4.92. The molecule has 0 aromatic carbocycles. The third-order valence-electron chi connectivity index (χ3n) is 2.17. The number of hydrogen-bond acceptors (Lipinski definition) is 3. The Labute approximate surface area is 74.9 Å². The van der Waals surface area contributed by atoms with E-state index < -0.39 is 0 Å². The summed E-state index contributed by atoms with van der Waals surface area (Å²) in [5, 5.41) is 0. The lowest BCUT2D eigenvalue weighted by molar-refractivity contribution is 0.140. The van der Waals surface area contributed by atoms with E-state index in [-0.39, 0.29) is 6.04 Å². The Morgan fingerprint density at radius 1 is 1.58 bits per heavy atom. The smallest absolute Gasteiger partial charge is 0.0589 e. The van der Waals surface area contributed by atoms with Crippen molar-refractivity contribution in [2.24, 2.45) is 5.73 Å². The maximum absolute atomic E-state index is 5.75. The zero-order valence-electron chi connectivity index (χ0n) is 8.12. The molecule has 1 saturated carbocycles. The van der Waals surface area contributed by atoms with Gasteiger partial charge in [0, 0.05) is 32.3 Å². The summed E-state index contributed by atoms with van der Waals surface area (Å²) in [5.74, 6) is 0. The van der Waals surface area contributed by atoms with Crippen molar-refractivity contribution in [2.45, 2.75) is 31.8 Å². The van der Waals surface area contributed by atoms with Gasteiger partial charge in [0.25, 0.3) is 0 Å². The molecule has 3 heteroatoms. The van der Waals surface area contributed by atoms with Crippen molar-refractivity contribution in [3.05, 3.63) is 0 Å². The molecule has 1 rings (SSSR count). The molecule has 0 saturated heterocycles. The quantitative estimate of drug-likeness (QED) is 0.632. The average Bonchev–Trinajstić information content (AvgIpc) is 2.79. The van der Waals surface area contributed by atoms with E-state index in [9.17, 15) is 0 Å². The summed E-state index contributed by atoms with van der Waals surface area (Å²) < 4.78 is 5.05. The van der Waals surface area contributed by atoms with Crippen LogP contribution in [0.1, 0.15) is 19.8 Å². The lowest BCUT2D eigenvalue weighted by Gasteiger charge is -2.23. The summed E-state index contributed by atoms with van der Waals surface area (Å²) in [7, 11) is 1.75. The zero-order chi connectivity index (χ0) is 8.97. The number of nitrogens with zero attached hydrogens (tertiary/aromatic N) is 1. The Morgan fingerprint density at radius 2 is 2.25 bits per heavy atom. The second kappa shape index (κ2) is 4.80. The molecule has 0 amide bonds. The van der Waals surface area contributed by atoms with Gasteiger partial charge in [-0.2, -0.15) is 0 Å². The summed E-state index contributed by atoms with van der Waals surface area (Å²) in [5.41, 5.74) is 5.75. The predicted molar refractivity (Wildman–Crippen MR) is 50.1 cm³/mol. The summed E-state index contributed by atoms with van der Waals surface area (Å²) in [6.07, 6.45) is 2.69. The van der Waals surface area contributed by atoms with Gasteiger partial charge < -0.3 is 10.5 Å². The molecular weight excluding hydrogens is 152 g/mol. The van der Waals surface area contributed by atoms with Crippen LogP contribution < -0.4 is 5.73 Å². The van der Waals surface area contributed by atoms with Crippen LogP contribution in [0, 0.1) is 0 Å². The van der Waals surface area contributed by atoms with Crippen molar-refractivity contribution >= 4 is 0 Å². The van der Waals surface area contributed by atoms with Crippen LogP contribution in [0.4, 0.5) is 0 Å². The SMILES string of the molecule is COCCN(CC(C)N)C1CC1. The Morgan fingerprint density at radius 3 is 2.67 bits per heavy atom. The van der Waals surface area contributed by atoms with Crippen LogP contribution >= 0.6 is 0 Å². The second-order valence-corrected chi connectivity index (χ2v) is 3.70. The van der Waals surface area contributed by atoms with E-state index in [4.69, 9.17) is 10.5 Å². The van der Waals surface area contributed by atoms with Crippen molar-refractivity contribution < 1.29 is 4.74 Å². The van der Waals surface area contributed by atoms with Crippen molar-refractivity contribution in [2.75, 3.05) is 26.8 Å². The molecule has 1 aliphatic rings. The van der Waals surface area contributed by atoms with Gasteiger partial charge in [-0.1, -0.05) is 0 Å². The molecule has 0 bridgehead atoms. The van der Waals surface area contributed by atoms with Crippen LogP contribution in [0.3, 0.4) is 0 Å². The van der Waals surface area contributed by atoms with Crippen LogP contribution in [0.25, 0.3) is 0 Å². The van der Waals surface area contributed by atoms with Crippen molar-refractivity contribution in [1.82, 2.24) is 4.90 Å². The molecule has 0 aromatic rings. The highest BCUT2D eigenvalue weighted by molar-refractivity contribution is 4.85. The predicted octanol–water partition coefficient (Wildman–Crippen LogP) is 0.444. The van der Waals surface area contributed by atoms with Crippen LogP contribution in [0.5, 0.6) is 0 Å². The molecular formula is C9H20N2O. The topological polar surface area (TPSA) is 38.5 Å². The van der Waals surface area contributed by atoms with Gasteiger partial charge in [-0.25, -0.2) is 0 Å². The highest BCUT2D eigenvalue weighted by atomic mass is 16.5. The average molecular weight is 172 g/mol. The number of rotatable bonds is 6. The van der Waals surface area contributed by atoms with Crippen LogP contribution in [0.2, 0.25) is 0 Å².